The van der Waals surface area contributed by atoms with Gasteiger partial charge in [-0.05, 0) is 11.6 Å². The van der Waals surface area contributed by atoms with Crippen molar-refractivity contribution in [2.24, 2.45) is 0 Å². The third-order valence-corrected chi connectivity index (χ3v) is 3.24. The van der Waals surface area contributed by atoms with Gasteiger partial charge in [0, 0.05) is 11.0 Å². The monoisotopic (exact) mass is 321 g/mol. The Balaban J connectivity index is 2.01. The van der Waals surface area contributed by atoms with Gasteiger partial charge in [-0.15, -0.1) is 0 Å². The summed E-state index contributed by atoms with van der Waals surface area (Å²) in [6.07, 6.45) is 2.89. The van der Waals surface area contributed by atoms with Crippen LogP contribution < -0.4 is 5.32 Å². The highest BCUT2D eigenvalue weighted by Gasteiger charge is 2.07. The number of nitrogens with one attached hydrogen (secondary N) is 1. The molecule has 0 fully saturated rings. The quantitative estimate of drug-likeness (QED) is 0.877. The van der Waals surface area contributed by atoms with E-state index in [1.165, 1.54) is 19.5 Å². The highest BCUT2D eigenvalue weighted by Crippen LogP contribution is 2.16. The lowest BCUT2D eigenvalue weighted by molar-refractivity contribution is 0.0593. The minimum atomic E-state index is -0.496. The second-order valence-electron chi connectivity index (χ2n) is 3.72. The van der Waals surface area contributed by atoms with Crippen LogP contribution in [0.5, 0.6) is 0 Å². The molecule has 5 nitrogen and oxygen atoms in total. The molecule has 0 saturated carbocycles. The zero-order chi connectivity index (χ0) is 13.7. The van der Waals surface area contributed by atoms with Gasteiger partial charge in [-0.2, -0.15) is 0 Å². The number of anilines is 1. The van der Waals surface area contributed by atoms with Gasteiger partial charge < -0.3 is 10.1 Å². The minimum Gasteiger partial charge on any atom is -0.464 e. The summed E-state index contributed by atoms with van der Waals surface area (Å²) in [6, 6.07) is 7.91. The van der Waals surface area contributed by atoms with Crippen LogP contribution in [0.25, 0.3) is 0 Å². The number of esters is 1. The number of hydrogen-bond acceptors (Lipinski definition) is 5. The van der Waals surface area contributed by atoms with E-state index in [1.807, 2.05) is 24.3 Å². The molecule has 98 valence electrons. The first-order chi connectivity index (χ1) is 9.20. The van der Waals surface area contributed by atoms with E-state index in [0.717, 1.165) is 10.0 Å². The molecule has 0 unspecified atom stereocenters. The van der Waals surface area contributed by atoms with Gasteiger partial charge in [0.2, 0.25) is 0 Å². The Bertz CT molecular complexity index is 572. The lowest BCUT2D eigenvalue weighted by atomic mass is 10.2. The maximum Gasteiger partial charge on any atom is 0.358 e. The second-order valence-corrected chi connectivity index (χ2v) is 4.58. The van der Waals surface area contributed by atoms with E-state index >= 15 is 0 Å². The van der Waals surface area contributed by atoms with Crippen molar-refractivity contribution < 1.29 is 9.53 Å². The normalized spacial score (nSPS) is 10.0. The fraction of sp³-hybridized carbons (Fsp3) is 0.154. The van der Waals surface area contributed by atoms with Crippen molar-refractivity contribution in [2.75, 3.05) is 12.4 Å². The van der Waals surface area contributed by atoms with E-state index in [1.54, 1.807) is 0 Å². The van der Waals surface area contributed by atoms with Crippen molar-refractivity contribution >= 4 is 27.7 Å². The molecule has 0 atom stereocenters. The lowest BCUT2D eigenvalue weighted by Crippen LogP contribution is -2.07. The Kier molecular flexibility index (Phi) is 4.46. The van der Waals surface area contributed by atoms with Crippen LogP contribution >= 0.6 is 15.9 Å². The van der Waals surface area contributed by atoms with E-state index in [0.29, 0.717) is 12.4 Å². The number of rotatable bonds is 4. The van der Waals surface area contributed by atoms with E-state index in [4.69, 9.17) is 0 Å². The van der Waals surface area contributed by atoms with Gasteiger partial charge in [0.15, 0.2) is 5.69 Å². The van der Waals surface area contributed by atoms with Crippen LogP contribution in [-0.4, -0.2) is 23.0 Å². The van der Waals surface area contributed by atoms with Crippen LogP contribution in [0.4, 0.5) is 5.82 Å². The van der Waals surface area contributed by atoms with E-state index in [-0.39, 0.29) is 5.69 Å². The first kappa shape index (κ1) is 13.5. The summed E-state index contributed by atoms with van der Waals surface area (Å²) in [4.78, 5) is 19.3. The van der Waals surface area contributed by atoms with Crippen LogP contribution in [0.2, 0.25) is 0 Å². The number of nitrogens with zero attached hydrogens (tertiary/aromatic N) is 2. The highest BCUT2D eigenvalue weighted by atomic mass is 79.9. The summed E-state index contributed by atoms with van der Waals surface area (Å²) in [7, 11) is 1.31. The Labute approximate surface area is 119 Å². The van der Waals surface area contributed by atoms with Crippen LogP contribution in [0.1, 0.15) is 16.1 Å². The maximum absolute atomic E-state index is 11.2. The molecule has 0 saturated heterocycles. The van der Waals surface area contributed by atoms with Gasteiger partial charge in [-0.3, -0.25) is 0 Å². The molecule has 2 rings (SSSR count). The Hall–Kier alpha value is -1.95. The molecule has 1 N–H and O–H groups in total. The largest absolute Gasteiger partial charge is 0.464 e. The number of hydrogen-bond donors (Lipinski definition) is 1. The van der Waals surface area contributed by atoms with Gasteiger partial charge in [-0.25, -0.2) is 14.8 Å². The summed E-state index contributed by atoms with van der Waals surface area (Å²) in [5.41, 5.74) is 1.30. The summed E-state index contributed by atoms with van der Waals surface area (Å²) in [5, 5.41) is 3.13. The summed E-state index contributed by atoms with van der Waals surface area (Å²) in [5.74, 6) is 0.105. The molecule has 0 bridgehead atoms. The van der Waals surface area contributed by atoms with Crippen molar-refractivity contribution in [3.63, 3.8) is 0 Å². The first-order valence-electron chi connectivity index (χ1n) is 5.58. The fourth-order valence-corrected chi connectivity index (χ4v) is 1.88. The number of aromatic nitrogens is 2. The van der Waals surface area contributed by atoms with E-state index in [9.17, 15) is 4.79 Å². The third kappa shape index (κ3) is 3.51. The van der Waals surface area contributed by atoms with Gasteiger partial charge >= 0.3 is 5.97 Å². The van der Waals surface area contributed by atoms with Crippen LogP contribution in [0.15, 0.2) is 41.1 Å². The maximum atomic E-state index is 11.2. The molecule has 0 amide bonds. The lowest BCUT2D eigenvalue weighted by Gasteiger charge is -2.07. The van der Waals surface area contributed by atoms with Gasteiger partial charge in [0.25, 0.3) is 0 Å². The zero-order valence-electron chi connectivity index (χ0n) is 10.3. The molecule has 2 aromatic rings. The Morgan fingerprint density at radius 3 is 2.74 bits per heavy atom. The van der Waals surface area contributed by atoms with Crippen molar-refractivity contribution in [1.82, 2.24) is 9.97 Å². The summed E-state index contributed by atoms with van der Waals surface area (Å²) >= 11 is 3.47. The summed E-state index contributed by atoms with van der Waals surface area (Å²) in [6.45, 7) is 0.619. The van der Waals surface area contributed by atoms with Crippen molar-refractivity contribution in [2.45, 2.75) is 6.54 Å². The number of benzene rings is 1. The number of ether oxygens (including phenoxy) is 1. The highest BCUT2D eigenvalue weighted by molar-refractivity contribution is 9.10. The topological polar surface area (TPSA) is 64.1 Å². The van der Waals surface area contributed by atoms with E-state index in [2.05, 4.69) is 36.0 Å². The molecule has 0 aliphatic carbocycles. The van der Waals surface area contributed by atoms with Crippen molar-refractivity contribution in [3.05, 3.63) is 52.4 Å². The van der Waals surface area contributed by atoms with Gasteiger partial charge in [0.05, 0.1) is 19.5 Å². The van der Waals surface area contributed by atoms with Gasteiger partial charge in [-0.1, -0.05) is 34.1 Å². The number of carbonyl (C=O) groups is 1. The molecule has 0 aliphatic heterocycles. The first-order valence-corrected chi connectivity index (χ1v) is 6.37. The molecule has 6 heteroatoms. The fourth-order valence-electron chi connectivity index (χ4n) is 1.46. The average Bonchev–Trinajstić information content (AvgIpc) is 2.46. The van der Waals surface area contributed by atoms with Crippen LogP contribution in [-0.2, 0) is 11.3 Å². The third-order valence-electron chi connectivity index (χ3n) is 2.46. The van der Waals surface area contributed by atoms with Crippen LogP contribution in [0, 0.1) is 0 Å². The van der Waals surface area contributed by atoms with Crippen molar-refractivity contribution in [1.29, 1.82) is 0 Å². The predicted octanol–water partition coefficient (Wildman–Crippen LogP) is 2.64. The predicted molar refractivity (Wildman–Crippen MR) is 74.8 cm³/mol. The molecular formula is C13H12BrN3O2. The standard InChI is InChI=1S/C13H12BrN3O2/c1-19-13(18)11-7-17-12(8-15-11)16-6-9-4-2-3-5-10(9)14/h2-5,7-8H,6H2,1H3,(H,16,17). The molecule has 1 aromatic carbocycles. The molecule has 0 spiro atoms. The molecular weight excluding hydrogens is 310 g/mol. The smallest absolute Gasteiger partial charge is 0.358 e. The molecule has 1 heterocycles. The Morgan fingerprint density at radius 2 is 2.11 bits per heavy atom. The van der Waals surface area contributed by atoms with Crippen LogP contribution in [0.3, 0.4) is 0 Å². The van der Waals surface area contributed by atoms with Crippen molar-refractivity contribution in [3.8, 4) is 0 Å². The van der Waals surface area contributed by atoms with Gasteiger partial charge in [0.1, 0.15) is 5.82 Å². The minimum absolute atomic E-state index is 0.189. The SMILES string of the molecule is COC(=O)c1cnc(NCc2ccccc2Br)cn1. The zero-order valence-corrected chi connectivity index (χ0v) is 11.8. The second kappa shape index (κ2) is 6.29. The molecule has 19 heavy (non-hydrogen) atoms. The Morgan fingerprint density at radius 1 is 1.32 bits per heavy atom. The number of carbonyl (C=O) groups excluding carboxylic acids is 1. The summed E-state index contributed by atoms with van der Waals surface area (Å²) < 4.78 is 5.58. The number of halogens is 1. The number of methoxy groups -OCH3 is 1. The molecule has 1 aromatic heterocycles. The molecule has 0 radical (unpaired) electrons. The molecule has 0 aliphatic rings. The average molecular weight is 322 g/mol. The van der Waals surface area contributed by atoms with E-state index < -0.39 is 5.97 Å².